The fourth-order valence-electron chi connectivity index (χ4n) is 3.18. The third-order valence-electron chi connectivity index (χ3n) is 4.56. The van der Waals surface area contributed by atoms with Crippen molar-refractivity contribution in [3.05, 3.63) is 65.4 Å². The Bertz CT molecular complexity index is 1090. The molecule has 0 radical (unpaired) electrons. The lowest BCUT2D eigenvalue weighted by atomic mass is 10.1. The molecule has 2 heterocycles. The molecule has 6 nitrogen and oxygen atoms in total. The molecule has 0 bridgehead atoms. The molecule has 1 atom stereocenters. The fraction of sp³-hybridized carbons (Fsp3) is 0.250. The summed E-state index contributed by atoms with van der Waals surface area (Å²) in [5, 5.41) is 0.900. The lowest BCUT2D eigenvalue weighted by molar-refractivity contribution is 0.0934. The number of rotatable bonds is 4. The van der Waals surface area contributed by atoms with E-state index in [4.69, 9.17) is 14.0 Å². The molecule has 0 fully saturated rings. The van der Waals surface area contributed by atoms with E-state index in [1.165, 1.54) is 0 Å². The molecular weight excluding hydrogens is 366 g/mol. The van der Waals surface area contributed by atoms with Crippen molar-refractivity contribution in [2.45, 2.75) is 25.2 Å². The van der Waals surface area contributed by atoms with E-state index in [2.05, 4.69) is 11.9 Å². The van der Waals surface area contributed by atoms with Crippen LogP contribution >= 0.6 is 0 Å². The minimum atomic E-state index is -4.05. The van der Waals surface area contributed by atoms with Crippen LogP contribution in [0.25, 0.3) is 10.9 Å². The van der Waals surface area contributed by atoms with Crippen molar-refractivity contribution in [2.75, 3.05) is 6.61 Å². The number of benzene rings is 2. The highest BCUT2D eigenvalue weighted by Crippen LogP contribution is 2.41. The molecule has 3 aromatic rings. The van der Waals surface area contributed by atoms with Gasteiger partial charge in [-0.3, -0.25) is 9.54 Å². The monoisotopic (exact) mass is 385 g/mol. The summed E-state index contributed by atoms with van der Waals surface area (Å²) in [5.41, 5.74) is 3.26. The number of nitrogens with zero attached hydrogens (tertiary/aromatic N) is 1. The Kier molecular flexibility index (Phi) is 4.49. The maximum absolute atomic E-state index is 11.0. The normalized spacial score (nSPS) is 16.4. The van der Waals surface area contributed by atoms with Crippen LogP contribution < -0.4 is 9.47 Å². The molecule has 1 unspecified atom stereocenters. The lowest BCUT2D eigenvalue weighted by Crippen LogP contribution is -2.21. The molecule has 1 N–H and O–H groups in total. The smallest absolute Gasteiger partial charge is 0.269 e. The first kappa shape index (κ1) is 17.8. The number of aromatic nitrogens is 1. The van der Waals surface area contributed by atoms with Gasteiger partial charge in [-0.2, -0.15) is 8.42 Å². The van der Waals surface area contributed by atoms with Crippen molar-refractivity contribution in [1.82, 2.24) is 4.98 Å². The zero-order valence-electron chi connectivity index (χ0n) is 14.8. The summed E-state index contributed by atoms with van der Waals surface area (Å²) < 4.78 is 43.0. The van der Waals surface area contributed by atoms with Crippen molar-refractivity contribution in [2.24, 2.45) is 0 Å². The predicted molar refractivity (Wildman–Crippen MR) is 102 cm³/mol. The van der Waals surface area contributed by atoms with Crippen LogP contribution in [-0.4, -0.2) is 24.6 Å². The third kappa shape index (κ3) is 3.74. The van der Waals surface area contributed by atoms with E-state index in [1.807, 2.05) is 24.3 Å². The zero-order valence-corrected chi connectivity index (χ0v) is 15.6. The highest BCUT2D eigenvalue weighted by Gasteiger charge is 2.25. The number of hydrogen-bond donors (Lipinski definition) is 1. The molecule has 0 amide bonds. The Morgan fingerprint density at radius 1 is 1.11 bits per heavy atom. The molecule has 27 heavy (non-hydrogen) atoms. The van der Waals surface area contributed by atoms with Gasteiger partial charge in [-0.05, 0) is 41.8 Å². The van der Waals surface area contributed by atoms with E-state index < -0.39 is 15.9 Å². The van der Waals surface area contributed by atoms with Crippen LogP contribution in [0.2, 0.25) is 0 Å². The Labute approximate surface area is 157 Å². The van der Waals surface area contributed by atoms with Gasteiger partial charge in [0.1, 0.15) is 12.4 Å². The SMILES string of the molecule is CCc1ccc2c3c(ccc2n1)OCC(c1ccc(CS(=O)(=O)O)cc1)O3. The first-order valence-electron chi connectivity index (χ1n) is 8.69. The maximum Gasteiger partial charge on any atom is 0.269 e. The first-order valence-corrected chi connectivity index (χ1v) is 10.3. The van der Waals surface area contributed by atoms with Crippen LogP contribution in [0.4, 0.5) is 0 Å². The molecule has 7 heteroatoms. The summed E-state index contributed by atoms with van der Waals surface area (Å²) in [7, 11) is -4.05. The zero-order chi connectivity index (χ0) is 19.0. The van der Waals surface area contributed by atoms with E-state index in [9.17, 15) is 8.42 Å². The van der Waals surface area contributed by atoms with Gasteiger partial charge in [0.15, 0.2) is 17.6 Å². The fourth-order valence-corrected chi connectivity index (χ4v) is 3.79. The second-order valence-electron chi connectivity index (χ2n) is 6.50. The van der Waals surface area contributed by atoms with Gasteiger partial charge in [0.25, 0.3) is 10.1 Å². The summed E-state index contributed by atoms with van der Waals surface area (Å²) in [5.74, 6) is 0.947. The Morgan fingerprint density at radius 2 is 1.89 bits per heavy atom. The quantitative estimate of drug-likeness (QED) is 0.689. The van der Waals surface area contributed by atoms with Gasteiger partial charge < -0.3 is 9.47 Å². The second kappa shape index (κ2) is 6.83. The summed E-state index contributed by atoms with van der Waals surface area (Å²) in [4.78, 5) is 4.63. The molecule has 1 aromatic heterocycles. The average Bonchev–Trinajstić information content (AvgIpc) is 2.66. The van der Waals surface area contributed by atoms with Crippen LogP contribution in [0.1, 0.15) is 29.8 Å². The van der Waals surface area contributed by atoms with E-state index in [0.29, 0.717) is 23.7 Å². The molecule has 0 saturated carbocycles. The number of hydrogen-bond acceptors (Lipinski definition) is 5. The molecule has 0 spiro atoms. The number of ether oxygens (including phenoxy) is 2. The number of fused-ring (bicyclic) bond motifs is 3. The van der Waals surface area contributed by atoms with Crippen LogP contribution in [0, 0.1) is 0 Å². The predicted octanol–water partition coefficient (Wildman–Crippen LogP) is 3.70. The standard InChI is InChI=1S/C20H19NO5S/c1-2-15-7-8-16-17(21-15)9-10-18-20(16)26-19(11-25-18)14-5-3-13(4-6-14)12-27(22,23)24/h3-10,19H,2,11-12H2,1H3,(H,22,23,24). The lowest BCUT2D eigenvalue weighted by Gasteiger charge is -2.28. The van der Waals surface area contributed by atoms with Gasteiger partial charge in [0.2, 0.25) is 0 Å². The van der Waals surface area contributed by atoms with Crippen LogP contribution in [-0.2, 0) is 22.3 Å². The summed E-state index contributed by atoms with van der Waals surface area (Å²) in [6.45, 7) is 2.42. The Morgan fingerprint density at radius 3 is 2.59 bits per heavy atom. The molecule has 2 aromatic carbocycles. The highest BCUT2D eigenvalue weighted by molar-refractivity contribution is 7.85. The van der Waals surface area contributed by atoms with Crippen LogP contribution in [0.5, 0.6) is 11.5 Å². The molecule has 0 saturated heterocycles. The highest BCUT2D eigenvalue weighted by atomic mass is 32.2. The van der Waals surface area contributed by atoms with E-state index >= 15 is 0 Å². The van der Waals surface area contributed by atoms with E-state index in [0.717, 1.165) is 28.6 Å². The van der Waals surface area contributed by atoms with Crippen LogP contribution in [0.15, 0.2) is 48.5 Å². The first-order chi connectivity index (χ1) is 12.9. The van der Waals surface area contributed by atoms with Crippen molar-refractivity contribution < 1.29 is 22.4 Å². The molecule has 1 aliphatic heterocycles. The van der Waals surface area contributed by atoms with Crippen molar-refractivity contribution in [1.29, 1.82) is 0 Å². The van der Waals surface area contributed by atoms with E-state index in [-0.39, 0.29) is 6.10 Å². The van der Waals surface area contributed by atoms with Crippen molar-refractivity contribution in [3.8, 4) is 11.5 Å². The van der Waals surface area contributed by atoms with Gasteiger partial charge in [0, 0.05) is 11.1 Å². The van der Waals surface area contributed by atoms with Gasteiger partial charge >= 0.3 is 0 Å². The third-order valence-corrected chi connectivity index (χ3v) is 5.25. The van der Waals surface area contributed by atoms with Gasteiger partial charge in [-0.15, -0.1) is 0 Å². The Balaban J connectivity index is 1.63. The van der Waals surface area contributed by atoms with Crippen molar-refractivity contribution in [3.63, 3.8) is 0 Å². The van der Waals surface area contributed by atoms with Gasteiger partial charge in [-0.1, -0.05) is 31.2 Å². The minimum Gasteiger partial charge on any atom is -0.485 e. The largest absolute Gasteiger partial charge is 0.485 e. The minimum absolute atomic E-state index is 0.311. The van der Waals surface area contributed by atoms with Gasteiger partial charge in [-0.25, -0.2) is 0 Å². The molecule has 4 rings (SSSR count). The summed E-state index contributed by atoms with van der Waals surface area (Å²) in [6.07, 6.45) is 0.553. The summed E-state index contributed by atoms with van der Waals surface area (Å²) in [6, 6.07) is 14.7. The maximum atomic E-state index is 11.0. The molecule has 0 aliphatic carbocycles. The second-order valence-corrected chi connectivity index (χ2v) is 7.95. The van der Waals surface area contributed by atoms with Crippen molar-refractivity contribution >= 4 is 21.0 Å². The Hall–Kier alpha value is -2.64. The summed E-state index contributed by atoms with van der Waals surface area (Å²) >= 11 is 0. The van der Waals surface area contributed by atoms with Gasteiger partial charge in [0.05, 0.1) is 5.52 Å². The van der Waals surface area contributed by atoms with Crippen LogP contribution in [0.3, 0.4) is 0 Å². The number of aryl methyl sites for hydroxylation is 1. The topological polar surface area (TPSA) is 85.7 Å². The molecule has 140 valence electrons. The molecular formula is C20H19NO5S. The number of pyridine rings is 1. The van der Waals surface area contributed by atoms with E-state index in [1.54, 1.807) is 24.3 Å². The molecule has 1 aliphatic rings. The average molecular weight is 385 g/mol.